The molecule has 0 atom stereocenters. The van der Waals surface area contributed by atoms with Crippen LogP contribution in [0.15, 0.2) is 53.4 Å². The second-order valence-corrected chi connectivity index (χ2v) is 8.07. The minimum Gasteiger partial charge on any atom is -0.329 e. The lowest BCUT2D eigenvalue weighted by atomic mass is 9.83. The van der Waals surface area contributed by atoms with E-state index in [-0.39, 0.29) is 23.9 Å². The van der Waals surface area contributed by atoms with Crippen molar-refractivity contribution in [1.29, 1.82) is 0 Å². The van der Waals surface area contributed by atoms with Gasteiger partial charge in [-0.05, 0) is 49.7 Å². The first-order valence-corrected chi connectivity index (χ1v) is 9.52. The monoisotopic (exact) mass is 379 g/mol. The summed E-state index contributed by atoms with van der Waals surface area (Å²) in [6, 6.07) is 11.7. The molecule has 0 aromatic heterocycles. The molecule has 0 unspecified atom stereocenters. The standard InChI is InChI=1S/C18H22FN3O3S/c1-18(2,13-5-3-6-14(19)11-13)17(23)22-15-7-4-8-16(12-15)26(24,25)21-10-9-20/h3-8,11-12,21H,9-10,20H2,1-2H3,(H,22,23). The van der Waals surface area contributed by atoms with Crippen molar-refractivity contribution in [1.82, 2.24) is 4.72 Å². The van der Waals surface area contributed by atoms with E-state index in [2.05, 4.69) is 10.0 Å². The number of carbonyl (C=O) groups is 1. The molecule has 26 heavy (non-hydrogen) atoms. The Bertz CT molecular complexity index is 898. The van der Waals surface area contributed by atoms with E-state index in [4.69, 9.17) is 5.73 Å². The summed E-state index contributed by atoms with van der Waals surface area (Å²) >= 11 is 0. The summed E-state index contributed by atoms with van der Waals surface area (Å²) < 4.78 is 40.1. The van der Waals surface area contributed by atoms with Gasteiger partial charge in [0.05, 0.1) is 10.3 Å². The van der Waals surface area contributed by atoms with Crippen molar-refractivity contribution in [3.63, 3.8) is 0 Å². The van der Waals surface area contributed by atoms with Crippen LogP contribution in [0.25, 0.3) is 0 Å². The van der Waals surface area contributed by atoms with E-state index in [0.29, 0.717) is 11.3 Å². The van der Waals surface area contributed by atoms with Crippen LogP contribution in [0.4, 0.5) is 10.1 Å². The van der Waals surface area contributed by atoms with Crippen molar-refractivity contribution in [2.45, 2.75) is 24.2 Å². The summed E-state index contributed by atoms with van der Waals surface area (Å²) in [5.74, 6) is -0.810. The molecule has 0 heterocycles. The van der Waals surface area contributed by atoms with E-state index in [9.17, 15) is 17.6 Å². The number of sulfonamides is 1. The fraction of sp³-hybridized carbons (Fsp3) is 0.278. The van der Waals surface area contributed by atoms with Crippen molar-refractivity contribution in [3.05, 3.63) is 59.9 Å². The number of nitrogens with one attached hydrogen (secondary N) is 2. The third-order valence-electron chi connectivity index (χ3n) is 3.95. The Morgan fingerprint density at radius 2 is 1.85 bits per heavy atom. The van der Waals surface area contributed by atoms with Gasteiger partial charge in [0.2, 0.25) is 15.9 Å². The second-order valence-electron chi connectivity index (χ2n) is 6.30. The van der Waals surface area contributed by atoms with Gasteiger partial charge in [-0.2, -0.15) is 0 Å². The molecule has 0 spiro atoms. The molecular formula is C18H22FN3O3S. The maximum Gasteiger partial charge on any atom is 0.240 e. The Balaban J connectivity index is 2.23. The summed E-state index contributed by atoms with van der Waals surface area (Å²) in [5.41, 5.74) is 5.15. The zero-order valence-electron chi connectivity index (χ0n) is 14.6. The number of nitrogens with two attached hydrogens (primary N) is 1. The lowest BCUT2D eigenvalue weighted by molar-refractivity contribution is -0.120. The number of carbonyl (C=O) groups excluding carboxylic acids is 1. The second kappa shape index (κ2) is 7.94. The Morgan fingerprint density at radius 1 is 1.15 bits per heavy atom. The Labute approximate surface area is 152 Å². The highest BCUT2D eigenvalue weighted by molar-refractivity contribution is 7.89. The quantitative estimate of drug-likeness (QED) is 0.685. The zero-order chi connectivity index (χ0) is 19.4. The Morgan fingerprint density at radius 3 is 2.50 bits per heavy atom. The van der Waals surface area contributed by atoms with Gasteiger partial charge >= 0.3 is 0 Å². The Kier molecular flexibility index (Phi) is 6.12. The van der Waals surface area contributed by atoms with Crippen molar-refractivity contribution in [3.8, 4) is 0 Å². The highest BCUT2D eigenvalue weighted by Gasteiger charge is 2.30. The number of anilines is 1. The molecule has 140 valence electrons. The first kappa shape index (κ1) is 20.0. The number of benzene rings is 2. The molecule has 1 amide bonds. The third-order valence-corrected chi connectivity index (χ3v) is 5.41. The average Bonchev–Trinajstić information content (AvgIpc) is 2.60. The maximum absolute atomic E-state index is 13.5. The number of halogens is 1. The van der Waals surface area contributed by atoms with Gasteiger partial charge in [0.1, 0.15) is 5.82 Å². The molecule has 0 bridgehead atoms. The van der Waals surface area contributed by atoms with Crippen molar-refractivity contribution in [2.75, 3.05) is 18.4 Å². The molecule has 0 aliphatic rings. The summed E-state index contributed by atoms with van der Waals surface area (Å²) in [4.78, 5) is 12.7. The summed E-state index contributed by atoms with van der Waals surface area (Å²) in [7, 11) is -3.70. The molecule has 0 saturated heterocycles. The van der Waals surface area contributed by atoms with Crippen molar-refractivity contribution in [2.24, 2.45) is 5.73 Å². The van der Waals surface area contributed by atoms with Crippen molar-refractivity contribution >= 4 is 21.6 Å². The van der Waals surface area contributed by atoms with Crippen LogP contribution < -0.4 is 15.8 Å². The molecule has 4 N–H and O–H groups in total. The molecule has 0 aliphatic carbocycles. The van der Waals surface area contributed by atoms with Gasteiger partial charge in [0.25, 0.3) is 0 Å². The first-order chi connectivity index (χ1) is 12.2. The molecule has 2 rings (SSSR count). The average molecular weight is 379 g/mol. The fourth-order valence-corrected chi connectivity index (χ4v) is 3.41. The molecule has 8 heteroatoms. The van der Waals surface area contributed by atoms with E-state index >= 15 is 0 Å². The van der Waals surface area contributed by atoms with Crippen LogP contribution in [0, 0.1) is 5.82 Å². The predicted octanol–water partition coefficient (Wildman–Crippen LogP) is 1.98. The van der Waals surface area contributed by atoms with E-state index in [1.165, 1.54) is 36.4 Å². The van der Waals surface area contributed by atoms with E-state index in [1.54, 1.807) is 26.0 Å². The minimum absolute atomic E-state index is 0.0207. The van der Waals surface area contributed by atoms with Crippen LogP contribution >= 0.6 is 0 Å². The van der Waals surface area contributed by atoms with Gasteiger partial charge in [0, 0.05) is 18.8 Å². The normalized spacial score (nSPS) is 12.0. The molecule has 6 nitrogen and oxygen atoms in total. The lowest BCUT2D eigenvalue weighted by Crippen LogP contribution is -2.35. The molecule has 0 saturated carbocycles. The van der Waals surface area contributed by atoms with Crippen molar-refractivity contribution < 1.29 is 17.6 Å². The predicted molar refractivity (Wildman–Crippen MR) is 98.7 cm³/mol. The minimum atomic E-state index is -3.70. The summed E-state index contributed by atoms with van der Waals surface area (Å²) in [6.07, 6.45) is 0. The third kappa shape index (κ3) is 4.66. The maximum atomic E-state index is 13.5. The molecule has 0 aliphatic heterocycles. The smallest absolute Gasteiger partial charge is 0.240 e. The highest BCUT2D eigenvalue weighted by Crippen LogP contribution is 2.26. The van der Waals surface area contributed by atoms with Crippen LogP contribution in [0.3, 0.4) is 0 Å². The molecular weight excluding hydrogens is 357 g/mol. The van der Waals surface area contributed by atoms with Gasteiger partial charge in [-0.25, -0.2) is 17.5 Å². The Hall–Kier alpha value is -2.29. The number of hydrogen-bond acceptors (Lipinski definition) is 4. The van der Waals surface area contributed by atoms with E-state index in [1.807, 2.05) is 0 Å². The molecule has 2 aromatic rings. The van der Waals surface area contributed by atoms with Gasteiger partial charge in [-0.3, -0.25) is 4.79 Å². The van der Waals surface area contributed by atoms with Crippen LogP contribution in [-0.4, -0.2) is 27.4 Å². The number of hydrogen-bond donors (Lipinski definition) is 3. The van der Waals surface area contributed by atoms with Crippen LogP contribution in [-0.2, 0) is 20.2 Å². The zero-order valence-corrected chi connectivity index (χ0v) is 15.4. The fourth-order valence-electron chi connectivity index (χ4n) is 2.31. The van der Waals surface area contributed by atoms with Crippen LogP contribution in [0.5, 0.6) is 0 Å². The number of amides is 1. The SMILES string of the molecule is CC(C)(C(=O)Nc1cccc(S(=O)(=O)NCCN)c1)c1cccc(F)c1. The topological polar surface area (TPSA) is 101 Å². The largest absolute Gasteiger partial charge is 0.329 e. The molecule has 0 fully saturated rings. The highest BCUT2D eigenvalue weighted by atomic mass is 32.2. The van der Waals surface area contributed by atoms with E-state index in [0.717, 1.165) is 0 Å². The van der Waals surface area contributed by atoms with Gasteiger partial charge in [0.15, 0.2) is 0 Å². The van der Waals surface area contributed by atoms with Crippen LogP contribution in [0.2, 0.25) is 0 Å². The number of rotatable bonds is 7. The van der Waals surface area contributed by atoms with E-state index < -0.39 is 21.3 Å². The summed E-state index contributed by atoms with van der Waals surface area (Å²) in [6.45, 7) is 3.63. The van der Waals surface area contributed by atoms with Gasteiger partial charge in [-0.15, -0.1) is 0 Å². The first-order valence-electron chi connectivity index (χ1n) is 8.04. The summed E-state index contributed by atoms with van der Waals surface area (Å²) in [5, 5.41) is 2.69. The molecule has 2 aromatic carbocycles. The molecule has 0 radical (unpaired) electrons. The van der Waals surface area contributed by atoms with Gasteiger partial charge in [-0.1, -0.05) is 18.2 Å². The van der Waals surface area contributed by atoms with Gasteiger partial charge < -0.3 is 11.1 Å². The van der Waals surface area contributed by atoms with Crippen LogP contribution in [0.1, 0.15) is 19.4 Å². The lowest BCUT2D eigenvalue weighted by Gasteiger charge is -2.24.